The summed E-state index contributed by atoms with van der Waals surface area (Å²) in [5.74, 6) is -0.978. The molecule has 0 aromatic heterocycles. The Hall–Kier alpha value is -2.33. The first-order chi connectivity index (χ1) is 9.52. The Morgan fingerprint density at radius 1 is 1.50 bits per heavy atom. The van der Waals surface area contributed by atoms with Gasteiger partial charge in [0.25, 0.3) is 5.91 Å². The predicted molar refractivity (Wildman–Crippen MR) is 74.9 cm³/mol. The summed E-state index contributed by atoms with van der Waals surface area (Å²) in [6, 6.07) is 6.73. The summed E-state index contributed by atoms with van der Waals surface area (Å²) in [7, 11) is 0. The van der Waals surface area contributed by atoms with Crippen molar-refractivity contribution in [1.29, 1.82) is 5.26 Å². The molecule has 0 bridgehead atoms. The number of carboxylic acid groups (broad SMARTS) is 1. The van der Waals surface area contributed by atoms with Gasteiger partial charge in [0.1, 0.15) is 12.3 Å². The van der Waals surface area contributed by atoms with E-state index < -0.39 is 11.9 Å². The van der Waals surface area contributed by atoms with Crippen molar-refractivity contribution < 1.29 is 19.4 Å². The Kier molecular flexibility index (Phi) is 6.26. The topological polar surface area (TPSA) is 99.4 Å². The van der Waals surface area contributed by atoms with Crippen molar-refractivity contribution in [2.45, 2.75) is 0 Å². The smallest absolute Gasteiger partial charge is 0.328 e. The molecule has 0 saturated heterocycles. The van der Waals surface area contributed by atoms with Gasteiger partial charge < -0.3 is 15.2 Å². The fourth-order valence-corrected chi connectivity index (χ4v) is 1.75. The molecule has 2 N–H and O–H groups in total. The molecular formula is C13H11BrN2O4. The molecule has 1 amide bonds. The van der Waals surface area contributed by atoms with Crippen LogP contribution in [0.5, 0.6) is 5.75 Å². The van der Waals surface area contributed by atoms with Crippen LogP contribution >= 0.6 is 15.9 Å². The van der Waals surface area contributed by atoms with Crippen LogP contribution in [0.4, 0.5) is 0 Å². The minimum atomic E-state index is -1.03. The summed E-state index contributed by atoms with van der Waals surface area (Å²) in [6.07, 6.45) is 2.47. The van der Waals surface area contributed by atoms with Crippen molar-refractivity contribution in [1.82, 2.24) is 5.32 Å². The van der Waals surface area contributed by atoms with E-state index in [1.54, 1.807) is 24.3 Å². The second-order valence-electron chi connectivity index (χ2n) is 3.58. The minimum absolute atomic E-state index is 0.0672. The number of rotatable bonds is 6. The molecule has 7 heteroatoms. The van der Waals surface area contributed by atoms with Crippen LogP contribution in [0.25, 0.3) is 6.08 Å². The molecule has 0 aliphatic carbocycles. The number of amides is 1. The average molecular weight is 339 g/mol. The van der Waals surface area contributed by atoms with E-state index >= 15 is 0 Å². The molecule has 0 saturated carbocycles. The molecule has 0 fully saturated rings. The van der Waals surface area contributed by atoms with Crippen LogP contribution in [0.2, 0.25) is 0 Å². The van der Waals surface area contributed by atoms with E-state index in [1.807, 2.05) is 0 Å². The maximum Gasteiger partial charge on any atom is 0.328 e. The Morgan fingerprint density at radius 3 is 2.85 bits per heavy atom. The number of nitrogens with zero attached hydrogens (tertiary/aromatic N) is 1. The predicted octanol–water partition coefficient (Wildman–Crippen LogP) is 1.57. The van der Waals surface area contributed by atoms with Crippen LogP contribution < -0.4 is 10.1 Å². The standard InChI is InChI=1S/C13H11BrN2O4/c14-10-7-9(2-4-13(18)19)1-3-11(10)20-8-12(17)16-6-5-15/h1-4,7H,6,8H2,(H,16,17)(H,18,19). The molecule has 0 atom stereocenters. The first-order valence-electron chi connectivity index (χ1n) is 5.50. The van der Waals surface area contributed by atoms with E-state index in [4.69, 9.17) is 15.1 Å². The number of benzene rings is 1. The number of carbonyl (C=O) groups is 2. The molecule has 0 radical (unpaired) electrons. The van der Waals surface area contributed by atoms with Gasteiger partial charge in [-0.05, 0) is 39.7 Å². The molecule has 0 aliphatic rings. The zero-order chi connectivity index (χ0) is 15.0. The van der Waals surface area contributed by atoms with Crippen molar-refractivity contribution in [3.63, 3.8) is 0 Å². The Morgan fingerprint density at radius 2 is 2.25 bits per heavy atom. The van der Waals surface area contributed by atoms with E-state index in [1.165, 1.54) is 6.08 Å². The maximum absolute atomic E-state index is 11.3. The van der Waals surface area contributed by atoms with Crippen molar-refractivity contribution in [2.24, 2.45) is 0 Å². The highest BCUT2D eigenvalue weighted by atomic mass is 79.9. The molecule has 0 unspecified atom stereocenters. The van der Waals surface area contributed by atoms with Crippen LogP contribution in [0, 0.1) is 11.3 Å². The summed E-state index contributed by atoms with van der Waals surface area (Å²) >= 11 is 3.27. The first-order valence-corrected chi connectivity index (χ1v) is 6.29. The first kappa shape index (κ1) is 15.7. The van der Waals surface area contributed by atoms with E-state index in [0.717, 1.165) is 6.08 Å². The van der Waals surface area contributed by atoms with Gasteiger partial charge in [-0.15, -0.1) is 0 Å². The number of hydrogen-bond donors (Lipinski definition) is 2. The van der Waals surface area contributed by atoms with Gasteiger partial charge in [-0.25, -0.2) is 4.79 Å². The third kappa shape index (κ3) is 5.54. The Balaban J connectivity index is 2.62. The largest absolute Gasteiger partial charge is 0.483 e. The van der Waals surface area contributed by atoms with Crippen LogP contribution in [0.1, 0.15) is 5.56 Å². The summed E-state index contributed by atoms with van der Waals surface area (Å²) in [6.45, 7) is -0.271. The highest BCUT2D eigenvalue weighted by Crippen LogP contribution is 2.26. The molecule has 1 aromatic carbocycles. The molecule has 6 nitrogen and oxygen atoms in total. The monoisotopic (exact) mass is 338 g/mol. The summed E-state index contributed by atoms with van der Waals surface area (Å²) in [4.78, 5) is 21.6. The maximum atomic E-state index is 11.3. The minimum Gasteiger partial charge on any atom is -0.483 e. The summed E-state index contributed by atoms with van der Waals surface area (Å²) in [5, 5.41) is 19.2. The van der Waals surface area contributed by atoms with Gasteiger partial charge >= 0.3 is 5.97 Å². The molecule has 1 aromatic rings. The molecule has 20 heavy (non-hydrogen) atoms. The molecule has 104 valence electrons. The number of halogens is 1. The van der Waals surface area contributed by atoms with Crippen LogP contribution in [0.15, 0.2) is 28.7 Å². The number of aliphatic carboxylic acids is 1. The fourth-order valence-electron chi connectivity index (χ4n) is 1.24. The van der Waals surface area contributed by atoms with Gasteiger partial charge in [0.05, 0.1) is 10.5 Å². The second-order valence-corrected chi connectivity index (χ2v) is 4.44. The number of nitriles is 1. The summed E-state index contributed by atoms with van der Waals surface area (Å²) in [5.41, 5.74) is 0.681. The van der Waals surface area contributed by atoms with E-state index in [2.05, 4.69) is 21.2 Å². The normalized spacial score (nSPS) is 10.0. The molecule has 1 rings (SSSR count). The molecule has 0 aliphatic heterocycles. The molecular weight excluding hydrogens is 328 g/mol. The van der Waals surface area contributed by atoms with Gasteiger partial charge in [-0.1, -0.05) is 6.07 Å². The third-order valence-electron chi connectivity index (χ3n) is 2.10. The number of carboxylic acids is 1. The van der Waals surface area contributed by atoms with Gasteiger partial charge in [0, 0.05) is 6.08 Å². The lowest BCUT2D eigenvalue weighted by molar-refractivity contribution is -0.131. The van der Waals surface area contributed by atoms with Crippen molar-refractivity contribution in [3.8, 4) is 11.8 Å². The highest BCUT2D eigenvalue weighted by molar-refractivity contribution is 9.10. The van der Waals surface area contributed by atoms with Crippen LogP contribution in [0.3, 0.4) is 0 Å². The van der Waals surface area contributed by atoms with Gasteiger partial charge in [-0.3, -0.25) is 4.79 Å². The van der Waals surface area contributed by atoms with Crippen molar-refractivity contribution >= 4 is 33.9 Å². The lowest BCUT2D eigenvalue weighted by Gasteiger charge is -2.08. The van der Waals surface area contributed by atoms with E-state index in [0.29, 0.717) is 15.8 Å². The number of nitrogens with one attached hydrogen (secondary N) is 1. The SMILES string of the molecule is N#CCNC(=O)COc1ccc(C=CC(=O)O)cc1Br. The van der Waals surface area contributed by atoms with Crippen LogP contribution in [-0.2, 0) is 9.59 Å². The summed E-state index contributed by atoms with van der Waals surface area (Å²) < 4.78 is 5.86. The average Bonchev–Trinajstić information content (AvgIpc) is 2.41. The van der Waals surface area contributed by atoms with Gasteiger partial charge in [-0.2, -0.15) is 5.26 Å². The number of carbonyl (C=O) groups excluding carboxylic acids is 1. The van der Waals surface area contributed by atoms with E-state index in [9.17, 15) is 9.59 Å². The van der Waals surface area contributed by atoms with Crippen LogP contribution in [-0.4, -0.2) is 30.1 Å². The third-order valence-corrected chi connectivity index (χ3v) is 2.72. The lowest BCUT2D eigenvalue weighted by Crippen LogP contribution is -2.29. The van der Waals surface area contributed by atoms with E-state index in [-0.39, 0.29) is 13.2 Å². The molecule has 0 spiro atoms. The zero-order valence-electron chi connectivity index (χ0n) is 10.3. The van der Waals surface area contributed by atoms with Gasteiger partial charge in [0.15, 0.2) is 6.61 Å². The highest BCUT2D eigenvalue weighted by Gasteiger charge is 2.05. The molecule has 0 heterocycles. The number of hydrogen-bond acceptors (Lipinski definition) is 4. The van der Waals surface area contributed by atoms with Gasteiger partial charge in [0.2, 0.25) is 0 Å². The zero-order valence-corrected chi connectivity index (χ0v) is 11.9. The quantitative estimate of drug-likeness (QED) is 0.605. The fraction of sp³-hybridized carbons (Fsp3) is 0.154. The van der Waals surface area contributed by atoms with Crippen molar-refractivity contribution in [3.05, 3.63) is 34.3 Å². The Labute approximate surface area is 123 Å². The second kappa shape index (κ2) is 7.96. The lowest BCUT2D eigenvalue weighted by atomic mass is 10.2. The number of ether oxygens (including phenoxy) is 1. The van der Waals surface area contributed by atoms with Crippen molar-refractivity contribution in [2.75, 3.05) is 13.2 Å². The Bertz CT molecular complexity index is 578.